The highest BCUT2D eigenvalue weighted by atomic mass is 32.2. The fraction of sp³-hybridized carbons (Fsp3) is 0.643. The molecule has 1 fully saturated rings. The predicted octanol–water partition coefficient (Wildman–Crippen LogP) is 1.01. The first-order valence-electron chi connectivity index (χ1n) is 7.18. The second-order valence-electron chi connectivity index (χ2n) is 5.34. The minimum atomic E-state index is -3.14. The van der Waals surface area contributed by atoms with E-state index >= 15 is 0 Å². The molecule has 2 N–H and O–H groups in total. The maximum absolute atomic E-state index is 12.3. The van der Waals surface area contributed by atoms with Gasteiger partial charge in [0.2, 0.25) is 10.0 Å². The number of sulfonamides is 1. The maximum Gasteiger partial charge on any atom is 0.214 e. The summed E-state index contributed by atoms with van der Waals surface area (Å²) >= 11 is 0. The quantitative estimate of drug-likeness (QED) is 0.850. The zero-order valence-corrected chi connectivity index (χ0v) is 12.6. The summed E-state index contributed by atoms with van der Waals surface area (Å²) in [6.07, 6.45) is 6.82. The third kappa shape index (κ3) is 4.26. The van der Waals surface area contributed by atoms with Gasteiger partial charge in [-0.25, -0.2) is 12.7 Å². The van der Waals surface area contributed by atoms with E-state index in [-0.39, 0.29) is 5.75 Å². The van der Waals surface area contributed by atoms with Gasteiger partial charge in [-0.05, 0) is 55.8 Å². The van der Waals surface area contributed by atoms with Crippen molar-refractivity contribution in [3.05, 3.63) is 30.1 Å². The first-order chi connectivity index (χ1) is 9.62. The van der Waals surface area contributed by atoms with Crippen LogP contribution in [-0.2, 0) is 16.4 Å². The molecule has 6 heteroatoms. The van der Waals surface area contributed by atoms with Crippen molar-refractivity contribution >= 4 is 10.0 Å². The van der Waals surface area contributed by atoms with Crippen molar-refractivity contribution in [3.8, 4) is 0 Å². The molecular formula is C14H23N3O2S. The summed E-state index contributed by atoms with van der Waals surface area (Å²) in [4.78, 5) is 3.94. The van der Waals surface area contributed by atoms with Crippen molar-refractivity contribution in [2.24, 2.45) is 11.7 Å². The lowest BCUT2D eigenvalue weighted by Crippen LogP contribution is -2.40. The number of rotatable bonds is 6. The van der Waals surface area contributed by atoms with Gasteiger partial charge in [0.05, 0.1) is 5.75 Å². The van der Waals surface area contributed by atoms with Gasteiger partial charge in [0.15, 0.2) is 0 Å². The minimum absolute atomic E-state index is 0.179. The van der Waals surface area contributed by atoms with Crippen LogP contribution in [0.1, 0.15) is 24.8 Å². The zero-order valence-electron chi connectivity index (χ0n) is 11.7. The molecule has 0 atom stereocenters. The van der Waals surface area contributed by atoms with Crippen molar-refractivity contribution < 1.29 is 8.42 Å². The number of nitrogens with two attached hydrogens (primary N) is 1. The van der Waals surface area contributed by atoms with Crippen LogP contribution in [0.15, 0.2) is 24.5 Å². The molecule has 2 heterocycles. The SMILES string of the molecule is NCCC1CCN(S(=O)(=O)CCc2ccncc2)CC1. The molecule has 0 spiro atoms. The Bertz CT molecular complexity index is 496. The van der Waals surface area contributed by atoms with Crippen LogP contribution in [0.5, 0.6) is 0 Å². The van der Waals surface area contributed by atoms with Crippen molar-refractivity contribution in [2.75, 3.05) is 25.4 Å². The van der Waals surface area contributed by atoms with Gasteiger partial charge in [0, 0.05) is 25.5 Å². The van der Waals surface area contributed by atoms with E-state index in [9.17, 15) is 8.42 Å². The van der Waals surface area contributed by atoms with E-state index in [1.165, 1.54) is 0 Å². The van der Waals surface area contributed by atoms with Crippen LogP contribution in [-0.4, -0.2) is 43.1 Å². The molecule has 0 aliphatic carbocycles. The lowest BCUT2D eigenvalue weighted by molar-refractivity contribution is 0.266. The Morgan fingerprint density at radius 2 is 1.90 bits per heavy atom. The van der Waals surface area contributed by atoms with Crippen LogP contribution >= 0.6 is 0 Å². The van der Waals surface area contributed by atoms with Crippen LogP contribution < -0.4 is 5.73 Å². The third-order valence-electron chi connectivity index (χ3n) is 3.94. The Morgan fingerprint density at radius 1 is 1.25 bits per heavy atom. The normalized spacial score (nSPS) is 18.2. The standard InChI is InChI=1S/C14H23N3O2S/c15-7-1-13-4-10-17(11-5-13)20(18,19)12-6-14-2-8-16-9-3-14/h2-3,8-9,13H,1,4-7,10-12,15H2. The molecule has 5 nitrogen and oxygen atoms in total. The van der Waals surface area contributed by atoms with E-state index < -0.39 is 10.0 Å². The van der Waals surface area contributed by atoms with Gasteiger partial charge < -0.3 is 5.73 Å². The summed E-state index contributed by atoms with van der Waals surface area (Å²) < 4.78 is 26.3. The molecule has 20 heavy (non-hydrogen) atoms. The Kier molecular flexibility index (Phi) is 5.51. The molecule has 0 radical (unpaired) electrons. The molecule has 1 aliphatic heterocycles. The smallest absolute Gasteiger partial charge is 0.214 e. The molecule has 0 saturated carbocycles. The van der Waals surface area contributed by atoms with Crippen molar-refractivity contribution in [1.82, 2.24) is 9.29 Å². The van der Waals surface area contributed by atoms with Gasteiger partial charge in [-0.1, -0.05) is 0 Å². The maximum atomic E-state index is 12.3. The van der Waals surface area contributed by atoms with Gasteiger partial charge in [0.25, 0.3) is 0 Å². The second kappa shape index (κ2) is 7.15. The minimum Gasteiger partial charge on any atom is -0.330 e. The topological polar surface area (TPSA) is 76.3 Å². The molecule has 1 saturated heterocycles. The van der Waals surface area contributed by atoms with Crippen LogP contribution in [0, 0.1) is 5.92 Å². The number of aryl methyl sites for hydroxylation is 1. The lowest BCUT2D eigenvalue weighted by atomic mass is 9.95. The number of hydrogen-bond acceptors (Lipinski definition) is 4. The Morgan fingerprint density at radius 3 is 2.50 bits per heavy atom. The lowest BCUT2D eigenvalue weighted by Gasteiger charge is -2.31. The van der Waals surface area contributed by atoms with Crippen molar-refractivity contribution in [2.45, 2.75) is 25.7 Å². The molecular weight excluding hydrogens is 274 g/mol. The largest absolute Gasteiger partial charge is 0.330 e. The molecule has 2 rings (SSSR count). The Hall–Kier alpha value is -0.980. The molecule has 112 valence electrons. The number of nitrogens with zero attached hydrogens (tertiary/aromatic N) is 2. The van der Waals surface area contributed by atoms with E-state index in [2.05, 4.69) is 4.98 Å². The number of piperidine rings is 1. The van der Waals surface area contributed by atoms with E-state index in [1.54, 1.807) is 16.7 Å². The van der Waals surface area contributed by atoms with E-state index in [4.69, 9.17) is 5.73 Å². The van der Waals surface area contributed by atoms with Crippen molar-refractivity contribution in [1.29, 1.82) is 0 Å². The summed E-state index contributed by atoms with van der Waals surface area (Å²) in [5.74, 6) is 0.769. The molecule has 0 aromatic carbocycles. The average Bonchev–Trinajstić information content (AvgIpc) is 2.47. The van der Waals surface area contributed by atoms with Gasteiger partial charge in [0.1, 0.15) is 0 Å². The Balaban J connectivity index is 1.85. The summed E-state index contributed by atoms with van der Waals surface area (Å²) in [5, 5.41) is 0. The molecule has 0 amide bonds. The highest BCUT2D eigenvalue weighted by Gasteiger charge is 2.27. The molecule has 1 aliphatic rings. The van der Waals surface area contributed by atoms with Crippen LogP contribution in [0.3, 0.4) is 0 Å². The summed E-state index contributed by atoms with van der Waals surface area (Å²) in [7, 11) is -3.14. The molecule has 0 bridgehead atoms. The number of hydrogen-bond donors (Lipinski definition) is 1. The summed E-state index contributed by atoms with van der Waals surface area (Å²) in [5.41, 5.74) is 6.57. The van der Waals surface area contributed by atoms with E-state index in [0.29, 0.717) is 32.0 Å². The van der Waals surface area contributed by atoms with Gasteiger partial charge in [-0.15, -0.1) is 0 Å². The summed E-state index contributed by atoms with van der Waals surface area (Å²) in [6, 6.07) is 3.73. The number of aromatic nitrogens is 1. The van der Waals surface area contributed by atoms with Gasteiger partial charge >= 0.3 is 0 Å². The van der Waals surface area contributed by atoms with Crippen LogP contribution in [0.4, 0.5) is 0 Å². The van der Waals surface area contributed by atoms with Crippen molar-refractivity contribution in [3.63, 3.8) is 0 Å². The fourth-order valence-corrected chi connectivity index (χ4v) is 4.16. The fourth-order valence-electron chi connectivity index (χ4n) is 2.64. The first kappa shape index (κ1) is 15.4. The van der Waals surface area contributed by atoms with Gasteiger partial charge in [-0.3, -0.25) is 4.98 Å². The van der Waals surface area contributed by atoms with Crippen LogP contribution in [0.2, 0.25) is 0 Å². The number of pyridine rings is 1. The van der Waals surface area contributed by atoms with E-state index in [1.807, 2.05) is 12.1 Å². The monoisotopic (exact) mass is 297 g/mol. The highest BCUT2D eigenvalue weighted by molar-refractivity contribution is 7.89. The van der Waals surface area contributed by atoms with Crippen LogP contribution in [0.25, 0.3) is 0 Å². The third-order valence-corrected chi connectivity index (χ3v) is 5.81. The predicted molar refractivity (Wildman–Crippen MR) is 79.7 cm³/mol. The summed E-state index contributed by atoms with van der Waals surface area (Å²) in [6.45, 7) is 1.98. The van der Waals surface area contributed by atoms with E-state index in [0.717, 1.165) is 24.8 Å². The van der Waals surface area contributed by atoms with Gasteiger partial charge in [-0.2, -0.15) is 0 Å². The molecule has 0 unspecified atom stereocenters. The molecule has 1 aromatic rings. The highest BCUT2D eigenvalue weighted by Crippen LogP contribution is 2.22. The Labute approximate surface area is 121 Å². The zero-order chi connectivity index (χ0) is 14.4. The average molecular weight is 297 g/mol. The first-order valence-corrected chi connectivity index (χ1v) is 8.79. The molecule has 1 aromatic heterocycles. The second-order valence-corrected chi connectivity index (χ2v) is 7.43.